The first-order valence-electron chi connectivity index (χ1n) is 26.9. The SMILES string of the molecule is Cc1ccc(-c2ccc3c(c2)c2cc(-c4ccc(C)cc4)ccc2n3-c2ccc(-c3ccc(C(F)(F)F)cc3C(F)(F)F)cc2-c2ccc(C#N)cc2-n2c3ccc(-c4ccc(C)cc4)cc3c3cc(-c4ccc(C)cc4)ccc32)cc1. The second kappa shape index (κ2) is 19.7. The van der Waals surface area contributed by atoms with Gasteiger partial charge in [-0.1, -0.05) is 162 Å². The Morgan fingerprint density at radius 2 is 0.659 bits per heavy atom. The predicted molar refractivity (Wildman–Crippen MR) is 321 cm³/mol. The van der Waals surface area contributed by atoms with Crippen LogP contribution in [0.25, 0.3) is 122 Å². The van der Waals surface area contributed by atoms with Crippen molar-refractivity contribution >= 4 is 43.6 Å². The second-order valence-electron chi connectivity index (χ2n) is 21.4. The Bertz CT molecular complexity index is 4520. The summed E-state index contributed by atoms with van der Waals surface area (Å²) in [5.41, 5.74) is 15.2. The zero-order valence-corrected chi connectivity index (χ0v) is 45.0. The topological polar surface area (TPSA) is 33.6 Å². The fraction of sp³-hybridized carbons (Fsp3) is 0.0822. The molecule has 0 aliphatic carbocycles. The molecular weight excluding hydrogens is 1030 g/mol. The molecule has 2 heterocycles. The van der Waals surface area contributed by atoms with Crippen LogP contribution >= 0.6 is 0 Å². The highest BCUT2D eigenvalue weighted by Gasteiger charge is 2.39. The van der Waals surface area contributed by atoms with Gasteiger partial charge in [-0.15, -0.1) is 0 Å². The lowest BCUT2D eigenvalue weighted by Crippen LogP contribution is -2.12. The van der Waals surface area contributed by atoms with Crippen LogP contribution in [0.3, 0.4) is 0 Å². The maximum atomic E-state index is 15.3. The molecule has 0 saturated heterocycles. The zero-order valence-electron chi connectivity index (χ0n) is 45.0. The quantitative estimate of drug-likeness (QED) is 0.140. The maximum Gasteiger partial charge on any atom is 0.417 e. The molecule has 0 aliphatic rings. The molecule has 0 atom stereocenters. The normalized spacial score (nSPS) is 12.0. The zero-order chi connectivity index (χ0) is 56.8. The molecule has 2 aromatic heterocycles. The molecule has 0 unspecified atom stereocenters. The number of alkyl halides is 6. The summed E-state index contributed by atoms with van der Waals surface area (Å²) in [4.78, 5) is 0. The van der Waals surface area contributed by atoms with Crippen molar-refractivity contribution in [3.05, 3.63) is 263 Å². The highest BCUT2D eigenvalue weighted by molar-refractivity contribution is 6.14. The summed E-state index contributed by atoms with van der Waals surface area (Å²) in [6.45, 7) is 8.18. The number of aromatic nitrogens is 2. The summed E-state index contributed by atoms with van der Waals surface area (Å²) in [6, 6.07) is 73.0. The van der Waals surface area contributed by atoms with Crippen molar-refractivity contribution in [2.45, 2.75) is 40.0 Å². The number of aryl methyl sites for hydroxylation is 4. The lowest BCUT2D eigenvalue weighted by molar-refractivity contribution is -0.142. The maximum absolute atomic E-state index is 15.3. The summed E-state index contributed by atoms with van der Waals surface area (Å²) in [7, 11) is 0. The Kier molecular flexibility index (Phi) is 12.4. The molecule has 11 aromatic carbocycles. The Balaban J connectivity index is 1.13. The molecule has 398 valence electrons. The minimum atomic E-state index is -5.15. The molecule has 0 saturated carbocycles. The molecule has 82 heavy (non-hydrogen) atoms. The van der Waals surface area contributed by atoms with Gasteiger partial charge in [-0.3, -0.25) is 0 Å². The first kappa shape index (κ1) is 51.5. The van der Waals surface area contributed by atoms with Gasteiger partial charge in [0.05, 0.1) is 56.2 Å². The number of nitriles is 1. The minimum absolute atomic E-state index is 0.0480. The summed E-state index contributed by atoms with van der Waals surface area (Å²) < 4.78 is 92.7. The van der Waals surface area contributed by atoms with E-state index >= 15 is 13.2 Å². The Morgan fingerprint density at radius 1 is 0.305 bits per heavy atom. The monoisotopic (exact) mass is 1080 g/mol. The molecule has 0 radical (unpaired) electrons. The van der Waals surface area contributed by atoms with E-state index < -0.39 is 29.0 Å². The Morgan fingerprint density at radius 3 is 1.02 bits per heavy atom. The van der Waals surface area contributed by atoms with Crippen LogP contribution in [0.15, 0.2) is 224 Å². The van der Waals surface area contributed by atoms with Crippen molar-refractivity contribution in [1.82, 2.24) is 9.13 Å². The van der Waals surface area contributed by atoms with Gasteiger partial charge in [-0.25, -0.2) is 0 Å². The van der Waals surface area contributed by atoms with Crippen molar-refractivity contribution in [3.63, 3.8) is 0 Å². The average Bonchev–Trinajstić information content (AvgIpc) is 4.13. The number of fused-ring (bicyclic) bond motifs is 6. The first-order valence-corrected chi connectivity index (χ1v) is 26.9. The van der Waals surface area contributed by atoms with E-state index in [0.29, 0.717) is 34.1 Å². The van der Waals surface area contributed by atoms with Crippen LogP contribution in [-0.4, -0.2) is 9.13 Å². The lowest BCUT2D eigenvalue weighted by Gasteiger charge is -2.21. The molecule has 0 fully saturated rings. The third kappa shape index (κ3) is 9.16. The van der Waals surface area contributed by atoms with Gasteiger partial charge in [-0.05, 0) is 168 Å². The summed E-state index contributed by atoms with van der Waals surface area (Å²) in [5.74, 6) is 0. The number of benzene rings is 11. The molecule has 0 aliphatic heterocycles. The highest BCUT2D eigenvalue weighted by atomic mass is 19.4. The van der Waals surface area contributed by atoms with E-state index in [1.54, 1.807) is 30.3 Å². The Hall–Kier alpha value is -9.91. The van der Waals surface area contributed by atoms with Gasteiger partial charge in [0.25, 0.3) is 0 Å². The van der Waals surface area contributed by atoms with E-state index in [1.165, 1.54) is 0 Å². The van der Waals surface area contributed by atoms with Crippen LogP contribution < -0.4 is 0 Å². The minimum Gasteiger partial charge on any atom is -0.309 e. The largest absolute Gasteiger partial charge is 0.417 e. The molecule has 0 bridgehead atoms. The van der Waals surface area contributed by atoms with Crippen LogP contribution in [0.2, 0.25) is 0 Å². The average molecular weight is 1080 g/mol. The molecule has 13 aromatic rings. The van der Waals surface area contributed by atoms with Crippen LogP contribution in [-0.2, 0) is 12.4 Å². The van der Waals surface area contributed by atoms with Crippen molar-refractivity contribution in [3.8, 4) is 84.2 Å². The van der Waals surface area contributed by atoms with E-state index in [-0.39, 0.29) is 11.6 Å². The molecule has 9 heteroatoms. The van der Waals surface area contributed by atoms with Crippen LogP contribution in [0.5, 0.6) is 0 Å². The summed E-state index contributed by atoms with van der Waals surface area (Å²) in [5, 5.41) is 14.4. The number of nitrogens with zero attached hydrogens (tertiary/aromatic N) is 3. The fourth-order valence-corrected chi connectivity index (χ4v) is 11.6. The second-order valence-corrected chi connectivity index (χ2v) is 21.4. The van der Waals surface area contributed by atoms with Crippen molar-refractivity contribution in [2.24, 2.45) is 0 Å². The molecule has 0 spiro atoms. The van der Waals surface area contributed by atoms with E-state index in [1.807, 2.05) is 33.8 Å². The summed E-state index contributed by atoms with van der Waals surface area (Å²) >= 11 is 0. The molecule has 3 nitrogen and oxygen atoms in total. The molecule has 0 N–H and O–H groups in total. The van der Waals surface area contributed by atoms with Gasteiger partial charge >= 0.3 is 12.4 Å². The number of rotatable bonds is 8. The van der Waals surface area contributed by atoms with E-state index in [0.717, 1.165) is 116 Å². The van der Waals surface area contributed by atoms with Gasteiger partial charge in [0.1, 0.15) is 0 Å². The van der Waals surface area contributed by atoms with Crippen molar-refractivity contribution < 1.29 is 26.3 Å². The van der Waals surface area contributed by atoms with Gasteiger partial charge in [0, 0.05) is 32.7 Å². The summed E-state index contributed by atoms with van der Waals surface area (Å²) in [6.07, 6.45) is -10.2. The van der Waals surface area contributed by atoms with E-state index in [2.05, 4.69) is 185 Å². The highest BCUT2D eigenvalue weighted by Crippen LogP contribution is 2.47. The van der Waals surface area contributed by atoms with Gasteiger partial charge in [0.2, 0.25) is 0 Å². The lowest BCUT2D eigenvalue weighted by atomic mass is 9.92. The van der Waals surface area contributed by atoms with Gasteiger partial charge in [-0.2, -0.15) is 31.6 Å². The Labute approximate surface area is 469 Å². The van der Waals surface area contributed by atoms with Crippen LogP contribution in [0.4, 0.5) is 26.3 Å². The fourth-order valence-electron chi connectivity index (χ4n) is 11.6. The first-order chi connectivity index (χ1) is 39.5. The molecular formula is C73H49F6N3. The third-order valence-electron chi connectivity index (χ3n) is 15.9. The number of halogens is 6. The standard InChI is InChI=1S/C73H49F6N3/c1-43-5-14-48(15-6-43)52-22-30-67-61(36-52)62-37-53(49-16-7-44(2)8-17-49)23-31-68(62)81(67)66-34-26-56(58-29-27-57(72(74,75)76)41-65(58)73(77,78)79)40-60(66)59-28-13-47(42-80)35-71(59)82-69-32-24-54(50-18-9-45(3)10-19-50)38-63(69)64-39-55(25-33-70(64)82)51-20-11-46(4)12-21-51/h5-41H,1-4H3. The smallest absolute Gasteiger partial charge is 0.309 e. The predicted octanol–water partition coefficient (Wildman–Crippen LogP) is 21.0. The van der Waals surface area contributed by atoms with Crippen LogP contribution in [0.1, 0.15) is 38.9 Å². The molecule has 13 rings (SSSR count). The molecule has 0 amide bonds. The van der Waals surface area contributed by atoms with Crippen molar-refractivity contribution in [2.75, 3.05) is 0 Å². The number of hydrogen-bond donors (Lipinski definition) is 0. The van der Waals surface area contributed by atoms with Gasteiger partial charge in [0.15, 0.2) is 0 Å². The number of hydrogen-bond acceptors (Lipinski definition) is 1. The van der Waals surface area contributed by atoms with Gasteiger partial charge < -0.3 is 9.13 Å². The van der Waals surface area contributed by atoms with Crippen molar-refractivity contribution in [1.29, 1.82) is 5.26 Å². The van der Waals surface area contributed by atoms with Crippen LogP contribution in [0, 0.1) is 39.0 Å². The van der Waals surface area contributed by atoms with E-state index in [4.69, 9.17) is 0 Å². The van der Waals surface area contributed by atoms with E-state index in [9.17, 15) is 18.4 Å². The third-order valence-corrected chi connectivity index (χ3v) is 15.9.